The van der Waals surface area contributed by atoms with Crippen LogP contribution in [0.1, 0.15) is 23.5 Å². The zero-order valence-electron chi connectivity index (χ0n) is 11.4. The first-order valence-corrected chi connectivity index (χ1v) is 6.62. The number of halogens is 1. The Hall–Kier alpha value is -2.56. The molecule has 0 radical (unpaired) electrons. The lowest BCUT2D eigenvalue weighted by Gasteiger charge is -2.16. The van der Waals surface area contributed by atoms with Crippen molar-refractivity contribution >= 4 is 17.6 Å². The van der Waals surface area contributed by atoms with Gasteiger partial charge in [-0.2, -0.15) is 0 Å². The first-order chi connectivity index (χ1) is 10.1. The Morgan fingerprint density at radius 1 is 1.24 bits per heavy atom. The summed E-state index contributed by atoms with van der Waals surface area (Å²) < 4.78 is 13.3. The van der Waals surface area contributed by atoms with Crippen molar-refractivity contribution in [3.05, 3.63) is 59.5 Å². The van der Waals surface area contributed by atoms with Crippen molar-refractivity contribution < 1.29 is 14.0 Å². The number of pyridine rings is 1. The summed E-state index contributed by atoms with van der Waals surface area (Å²) in [5.74, 6) is -1.37. The molecule has 1 atom stereocenters. The second-order valence-electron chi connectivity index (χ2n) is 5.02. The average Bonchev–Trinajstić information content (AvgIpc) is 2.75. The number of benzene rings is 1. The number of hydrogen-bond acceptors (Lipinski definition) is 3. The molecule has 0 aliphatic carbocycles. The van der Waals surface area contributed by atoms with Gasteiger partial charge in [0, 0.05) is 12.6 Å². The number of carbonyl (C=O) groups is 2. The van der Waals surface area contributed by atoms with Crippen LogP contribution in [-0.2, 0) is 9.59 Å². The number of carbonyl (C=O) groups excluding carboxylic acids is 2. The lowest BCUT2D eigenvalue weighted by atomic mass is 9.97. The molecular formula is C16H13FN2O2. The monoisotopic (exact) mass is 284 g/mol. The number of imide groups is 1. The molecule has 2 aromatic rings. The van der Waals surface area contributed by atoms with Gasteiger partial charge in [0.25, 0.3) is 0 Å². The van der Waals surface area contributed by atoms with Crippen LogP contribution in [0.5, 0.6) is 0 Å². The summed E-state index contributed by atoms with van der Waals surface area (Å²) in [6.45, 7) is 1.79. The molecule has 106 valence electrons. The van der Waals surface area contributed by atoms with E-state index < -0.39 is 11.7 Å². The molecule has 1 unspecified atom stereocenters. The molecule has 0 bridgehead atoms. The third kappa shape index (κ3) is 2.31. The molecule has 5 heteroatoms. The Balaban J connectivity index is 1.98. The van der Waals surface area contributed by atoms with Gasteiger partial charge in [-0.1, -0.05) is 18.2 Å². The summed E-state index contributed by atoms with van der Waals surface area (Å²) in [5, 5.41) is 0. The fourth-order valence-corrected chi connectivity index (χ4v) is 2.55. The second-order valence-corrected chi connectivity index (χ2v) is 5.02. The molecule has 0 spiro atoms. The van der Waals surface area contributed by atoms with Crippen LogP contribution in [0, 0.1) is 12.7 Å². The van der Waals surface area contributed by atoms with Gasteiger partial charge >= 0.3 is 0 Å². The number of anilines is 1. The zero-order valence-corrected chi connectivity index (χ0v) is 11.4. The minimum atomic E-state index is -0.644. The van der Waals surface area contributed by atoms with E-state index in [0.29, 0.717) is 11.4 Å². The van der Waals surface area contributed by atoms with Crippen LogP contribution in [-0.4, -0.2) is 16.8 Å². The predicted octanol–water partition coefficient (Wildman–Crippen LogP) is 2.58. The molecule has 21 heavy (non-hydrogen) atoms. The van der Waals surface area contributed by atoms with E-state index in [4.69, 9.17) is 0 Å². The topological polar surface area (TPSA) is 50.3 Å². The van der Waals surface area contributed by atoms with Gasteiger partial charge in [0.05, 0.1) is 5.92 Å². The molecule has 1 aliphatic heterocycles. The number of hydrogen-bond donors (Lipinski definition) is 0. The summed E-state index contributed by atoms with van der Waals surface area (Å²) in [5.41, 5.74) is 1.27. The number of nitrogens with zero attached hydrogens (tertiary/aromatic N) is 2. The van der Waals surface area contributed by atoms with Crippen LogP contribution in [0.25, 0.3) is 0 Å². The Bertz CT molecular complexity index is 730. The molecule has 1 aromatic heterocycles. The van der Waals surface area contributed by atoms with Crippen LogP contribution < -0.4 is 4.90 Å². The van der Waals surface area contributed by atoms with E-state index in [-0.39, 0.29) is 18.2 Å². The second kappa shape index (κ2) is 5.09. The maximum Gasteiger partial charge on any atom is 0.243 e. The van der Waals surface area contributed by atoms with Crippen LogP contribution >= 0.6 is 0 Å². The Labute approximate surface area is 121 Å². The first kappa shape index (κ1) is 13.4. The quantitative estimate of drug-likeness (QED) is 0.796. The number of amides is 2. The van der Waals surface area contributed by atoms with Crippen molar-refractivity contribution in [2.24, 2.45) is 0 Å². The Morgan fingerprint density at radius 3 is 2.76 bits per heavy atom. The molecular weight excluding hydrogens is 271 g/mol. The van der Waals surface area contributed by atoms with Gasteiger partial charge in [-0.05, 0) is 36.2 Å². The highest BCUT2D eigenvalue weighted by Gasteiger charge is 2.41. The number of aromatic nitrogens is 1. The third-order valence-corrected chi connectivity index (χ3v) is 3.59. The van der Waals surface area contributed by atoms with Gasteiger partial charge < -0.3 is 0 Å². The van der Waals surface area contributed by atoms with E-state index in [1.54, 1.807) is 31.3 Å². The SMILES string of the molecule is Cc1cccnc1N1C(=O)CC(c2cccc(F)c2)C1=O. The molecule has 4 nitrogen and oxygen atoms in total. The highest BCUT2D eigenvalue weighted by atomic mass is 19.1. The fourth-order valence-electron chi connectivity index (χ4n) is 2.55. The average molecular weight is 284 g/mol. The minimum absolute atomic E-state index is 0.0400. The van der Waals surface area contributed by atoms with Gasteiger partial charge in [0.2, 0.25) is 11.8 Å². The van der Waals surface area contributed by atoms with E-state index >= 15 is 0 Å². The van der Waals surface area contributed by atoms with Gasteiger partial charge in [0.1, 0.15) is 11.6 Å². The fraction of sp³-hybridized carbons (Fsp3) is 0.188. The standard InChI is InChI=1S/C16H13FN2O2/c1-10-4-3-7-18-15(10)19-14(20)9-13(16(19)21)11-5-2-6-12(17)8-11/h2-8,13H,9H2,1H3. The number of rotatable bonds is 2. The smallest absolute Gasteiger partial charge is 0.243 e. The molecule has 2 heterocycles. The summed E-state index contributed by atoms with van der Waals surface area (Å²) in [6.07, 6.45) is 1.58. The minimum Gasteiger partial charge on any atom is -0.274 e. The lowest BCUT2D eigenvalue weighted by Crippen LogP contribution is -2.31. The van der Waals surface area contributed by atoms with Crippen LogP contribution in [0.15, 0.2) is 42.6 Å². The summed E-state index contributed by atoms with van der Waals surface area (Å²) >= 11 is 0. The molecule has 1 aliphatic rings. The first-order valence-electron chi connectivity index (χ1n) is 6.62. The number of aryl methyl sites for hydroxylation is 1. The van der Waals surface area contributed by atoms with Crippen molar-refractivity contribution in [1.29, 1.82) is 0 Å². The van der Waals surface area contributed by atoms with Crippen molar-refractivity contribution in [1.82, 2.24) is 4.98 Å². The molecule has 0 N–H and O–H groups in total. The van der Waals surface area contributed by atoms with Gasteiger partial charge in [-0.15, -0.1) is 0 Å². The molecule has 1 saturated heterocycles. The zero-order chi connectivity index (χ0) is 15.0. The molecule has 3 rings (SSSR count). The molecule has 1 fully saturated rings. The molecule has 1 aromatic carbocycles. The highest BCUT2D eigenvalue weighted by Crippen LogP contribution is 2.33. The van der Waals surface area contributed by atoms with Gasteiger partial charge in [-0.25, -0.2) is 14.3 Å². The van der Waals surface area contributed by atoms with E-state index in [9.17, 15) is 14.0 Å². The summed E-state index contributed by atoms with van der Waals surface area (Å²) in [6, 6.07) is 9.34. The van der Waals surface area contributed by atoms with Crippen molar-refractivity contribution in [3.8, 4) is 0 Å². The summed E-state index contributed by atoms with van der Waals surface area (Å²) in [4.78, 5) is 29.9. The van der Waals surface area contributed by atoms with E-state index in [1.165, 1.54) is 18.2 Å². The van der Waals surface area contributed by atoms with Gasteiger partial charge in [-0.3, -0.25) is 9.59 Å². The van der Waals surface area contributed by atoms with Crippen LogP contribution in [0.3, 0.4) is 0 Å². The van der Waals surface area contributed by atoms with E-state index in [2.05, 4.69) is 4.98 Å². The maximum atomic E-state index is 13.3. The normalized spacial score (nSPS) is 18.4. The van der Waals surface area contributed by atoms with Crippen LogP contribution in [0.4, 0.5) is 10.2 Å². The van der Waals surface area contributed by atoms with Gasteiger partial charge in [0.15, 0.2) is 0 Å². The van der Waals surface area contributed by atoms with Crippen molar-refractivity contribution in [2.45, 2.75) is 19.3 Å². The Kier molecular flexibility index (Phi) is 3.25. The predicted molar refractivity (Wildman–Crippen MR) is 75.2 cm³/mol. The highest BCUT2D eigenvalue weighted by molar-refractivity contribution is 6.22. The van der Waals surface area contributed by atoms with Crippen LogP contribution in [0.2, 0.25) is 0 Å². The molecule has 0 saturated carbocycles. The third-order valence-electron chi connectivity index (χ3n) is 3.59. The Morgan fingerprint density at radius 2 is 2.05 bits per heavy atom. The van der Waals surface area contributed by atoms with E-state index in [0.717, 1.165) is 10.5 Å². The maximum absolute atomic E-state index is 13.3. The van der Waals surface area contributed by atoms with Crippen molar-refractivity contribution in [2.75, 3.05) is 4.90 Å². The van der Waals surface area contributed by atoms with Crippen molar-refractivity contribution in [3.63, 3.8) is 0 Å². The van der Waals surface area contributed by atoms with E-state index in [1.807, 2.05) is 0 Å². The lowest BCUT2D eigenvalue weighted by molar-refractivity contribution is -0.121. The summed E-state index contributed by atoms with van der Waals surface area (Å²) in [7, 11) is 0. The largest absolute Gasteiger partial charge is 0.274 e. The molecule has 2 amide bonds.